The highest BCUT2D eigenvalue weighted by molar-refractivity contribution is 5.92. The van der Waals surface area contributed by atoms with E-state index in [4.69, 9.17) is 25.8 Å². The zero-order valence-corrected chi connectivity index (χ0v) is 18.3. The monoisotopic (exact) mass is 503 g/mol. The van der Waals surface area contributed by atoms with Crippen molar-refractivity contribution in [3.63, 3.8) is 0 Å². The minimum absolute atomic E-state index is 0.0251. The largest absolute Gasteiger partial charge is 0.490 e. The molecule has 0 saturated heterocycles. The first-order chi connectivity index (χ1) is 15.4. The number of aliphatic carboxylic acids is 4. The van der Waals surface area contributed by atoms with Crippen molar-refractivity contribution in [3.8, 4) is 0 Å². The van der Waals surface area contributed by atoms with Gasteiger partial charge >= 0.3 is 30.1 Å². The van der Waals surface area contributed by atoms with Crippen LogP contribution in [0.5, 0.6) is 0 Å². The van der Waals surface area contributed by atoms with Gasteiger partial charge in [0, 0.05) is 12.8 Å². The number of nitrogens with one attached hydrogen (secondary N) is 2. The van der Waals surface area contributed by atoms with E-state index in [1.165, 1.54) is 0 Å². The van der Waals surface area contributed by atoms with Gasteiger partial charge in [-0.3, -0.25) is 19.2 Å². The maximum atomic E-state index is 12.4. The molecule has 0 saturated carbocycles. The predicted molar refractivity (Wildman–Crippen MR) is 106 cm³/mol. The Balaban J connectivity index is 0. The van der Waals surface area contributed by atoms with Gasteiger partial charge in [0.2, 0.25) is 11.8 Å². The lowest BCUT2D eigenvalue weighted by Crippen LogP contribution is -2.54. The number of rotatable bonds is 13. The van der Waals surface area contributed by atoms with Crippen LogP contribution in [0.2, 0.25) is 0 Å². The molecule has 0 aliphatic heterocycles. The molecule has 8 N–H and O–H groups in total. The number of halogens is 3. The summed E-state index contributed by atoms with van der Waals surface area (Å²) in [5.74, 6) is -8.04. The van der Waals surface area contributed by atoms with Gasteiger partial charge < -0.3 is 36.8 Å². The number of nitrogens with two attached hydrogens (primary N) is 1. The summed E-state index contributed by atoms with van der Waals surface area (Å²) < 4.78 is 31.7. The molecule has 0 aromatic rings. The van der Waals surface area contributed by atoms with E-state index >= 15 is 0 Å². The molecule has 0 aromatic carbocycles. The number of carboxylic acids is 4. The number of amides is 2. The summed E-state index contributed by atoms with van der Waals surface area (Å²) in [6.45, 7) is 3.54. The molecule has 196 valence electrons. The molecule has 0 aromatic heterocycles. The Labute approximate surface area is 191 Å². The second-order valence-corrected chi connectivity index (χ2v) is 7.36. The number of carboxylic acid groups (broad SMARTS) is 4. The SMILES string of the molecule is CC(C)C[C@H](NC(=O)[C@H](CCC(=O)O)NC(=O)[C@@H](N)CCC(=O)O)C(=O)O.O=C(O)C(F)(F)F. The van der Waals surface area contributed by atoms with Crippen LogP contribution in [0.4, 0.5) is 13.2 Å². The van der Waals surface area contributed by atoms with Crippen molar-refractivity contribution >= 4 is 35.7 Å². The van der Waals surface area contributed by atoms with Crippen molar-refractivity contribution in [2.24, 2.45) is 11.7 Å². The molecule has 0 aliphatic rings. The molecule has 3 atom stereocenters. The summed E-state index contributed by atoms with van der Waals surface area (Å²) in [4.78, 5) is 65.9. The van der Waals surface area contributed by atoms with Crippen molar-refractivity contribution in [1.29, 1.82) is 0 Å². The molecular weight excluding hydrogens is 475 g/mol. The van der Waals surface area contributed by atoms with Crippen LogP contribution in [-0.4, -0.2) is 80.4 Å². The summed E-state index contributed by atoms with van der Waals surface area (Å²) in [6, 6.07) is -3.70. The van der Waals surface area contributed by atoms with Crippen molar-refractivity contribution in [2.45, 2.75) is 70.3 Å². The van der Waals surface area contributed by atoms with Crippen LogP contribution in [0.15, 0.2) is 0 Å². The third-order valence-electron chi connectivity index (χ3n) is 3.85. The van der Waals surface area contributed by atoms with Crippen LogP contribution in [0.25, 0.3) is 0 Å². The number of hydrogen-bond acceptors (Lipinski definition) is 7. The first kappa shape index (κ1) is 32.7. The lowest BCUT2D eigenvalue weighted by atomic mass is 10.0. The second-order valence-electron chi connectivity index (χ2n) is 7.36. The molecule has 2 amide bonds. The molecule has 0 rings (SSSR count). The fourth-order valence-electron chi connectivity index (χ4n) is 2.19. The Morgan fingerprint density at radius 2 is 1.21 bits per heavy atom. The Hall–Kier alpha value is -3.43. The molecule has 16 heteroatoms. The Morgan fingerprint density at radius 1 is 0.794 bits per heavy atom. The van der Waals surface area contributed by atoms with Crippen LogP contribution in [-0.2, 0) is 28.8 Å². The van der Waals surface area contributed by atoms with Crippen LogP contribution in [0, 0.1) is 5.92 Å². The molecule has 13 nitrogen and oxygen atoms in total. The van der Waals surface area contributed by atoms with E-state index in [1.54, 1.807) is 13.8 Å². The Kier molecular flexibility index (Phi) is 14.8. The smallest absolute Gasteiger partial charge is 0.481 e. The summed E-state index contributed by atoms with van der Waals surface area (Å²) in [6.07, 6.45) is -6.16. The number of hydrogen-bond donors (Lipinski definition) is 7. The molecule has 0 radical (unpaired) electrons. The predicted octanol–water partition coefficient (Wildman–Crippen LogP) is -0.223. The minimum atomic E-state index is -5.08. The standard InChI is InChI=1S/C16H27N3O8.C2HF3O2/c1-8(2)7-11(16(26)27)19-15(25)10(4-6-13(22)23)18-14(24)9(17)3-5-12(20)21;3-2(4,5)1(6)7/h8-11H,3-7,17H2,1-2H3,(H,18,24)(H,19,25)(H,20,21)(H,22,23)(H,26,27);(H,6,7)/t9-,10-,11-;/m0./s1. The quantitative estimate of drug-likeness (QED) is 0.173. The van der Waals surface area contributed by atoms with Gasteiger partial charge in [-0.15, -0.1) is 0 Å². The number of alkyl halides is 3. The van der Waals surface area contributed by atoms with Crippen molar-refractivity contribution in [1.82, 2.24) is 10.6 Å². The van der Waals surface area contributed by atoms with E-state index in [9.17, 15) is 42.3 Å². The summed E-state index contributed by atoms with van der Waals surface area (Å²) >= 11 is 0. The zero-order valence-electron chi connectivity index (χ0n) is 18.3. The van der Waals surface area contributed by atoms with Crippen molar-refractivity contribution in [3.05, 3.63) is 0 Å². The number of carbonyl (C=O) groups excluding carboxylic acids is 2. The van der Waals surface area contributed by atoms with Crippen LogP contribution in [0.1, 0.15) is 46.0 Å². The maximum Gasteiger partial charge on any atom is 0.490 e. The van der Waals surface area contributed by atoms with Crippen LogP contribution >= 0.6 is 0 Å². The molecule has 0 heterocycles. The summed E-state index contributed by atoms with van der Waals surface area (Å²) in [5.41, 5.74) is 5.57. The van der Waals surface area contributed by atoms with Crippen LogP contribution < -0.4 is 16.4 Å². The molecule has 0 aliphatic carbocycles. The van der Waals surface area contributed by atoms with Gasteiger partial charge in [0.15, 0.2) is 0 Å². The molecule has 34 heavy (non-hydrogen) atoms. The maximum absolute atomic E-state index is 12.4. The molecule has 0 spiro atoms. The van der Waals surface area contributed by atoms with E-state index in [1.807, 2.05) is 0 Å². The van der Waals surface area contributed by atoms with Gasteiger partial charge in [-0.1, -0.05) is 13.8 Å². The van der Waals surface area contributed by atoms with Gasteiger partial charge in [0.1, 0.15) is 12.1 Å². The van der Waals surface area contributed by atoms with Gasteiger partial charge in [0.05, 0.1) is 6.04 Å². The zero-order chi connectivity index (χ0) is 27.2. The van der Waals surface area contributed by atoms with E-state index in [2.05, 4.69) is 10.6 Å². The molecular formula is C18H28F3N3O10. The summed E-state index contributed by atoms with van der Waals surface area (Å²) in [7, 11) is 0. The van der Waals surface area contributed by atoms with E-state index in [0.717, 1.165) is 0 Å². The fourth-order valence-corrected chi connectivity index (χ4v) is 2.19. The van der Waals surface area contributed by atoms with Crippen molar-refractivity contribution in [2.75, 3.05) is 0 Å². The van der Waals surface area contributed by atoms with E-state index in [-0.39, 0.29) is 31.6 Å². The van der Waals surface area contributed by atoms with Crippen LogP contribution in [0.3, 0.4) is 0 Å². The van der Waals surface area contributed by atoms with Gasteiger partial charge in [-0.05, 0) is 25.2 Å². The first-order valence-electron chi connectivity index (χ1n) is 9.71. The van der Waals surface area contributed by atoms with Gasteiger partial charge in [-0.2, -0.15) is 13.2 Å². The molecule has 0 bridgehead atoms. The molecule has 0 unspecified atom stereocenters. The van der Waals surface area contributed by atoms with E-state index < -0.39 is 66.4 Å². The lowest BCUT2D eigenvalue weighted by Gasteiger charge is -2.23. The third-order valence-corrected chi connectivity index (χ3v) is 3.85. The fraction of sp³-hybridized carbons (Fsp3) is 0.667. The van der Waals surface area contributed by atoms with E-state index in [0.29, 0.717) is 0 Å². The molecule has 0 fully saturated rings. The van der Waals surface area contributed by atoms with Gasteiger partial charge in [-0.25, -0.2) is 9.59 Å². The Bertz CT molecular complexity index is 743. The average molecular weight is 503 g/mol. The third kappa shape index (κ3) is 16.2. The highest BCUT2D eigenvalue weighted by Gasteiger charge is 2.38. The number of carbonyl (C=O) groups is 6. The topological polar surface area (TPSA) is 233 Å². The van der Waals surface area contributed by atoms with Crippen molar-refractivity contribution < 1.29 is 62.4 Å². The highest BCUT2D eigenvalue weighted by Crippen LogP contribution is 2.13. The normalized spacial score (nSPS) is 13.5. The lowest BCUT2D eigenvalue weighted by molar-refractivity contribution is -0.192. The van der Waals surface area contributed by atoms with Gasteiger partial charge in [0.25, 0.3) is 0 Å². The summed E-state index contributed by atoms with van der Waals surface area (Å²) in [5, 5.41) is 38.3. The second kappa shape index (κ2) is 15.4. The highest BCUT2D eigenvalue weighted by atomic mass is 19.4. The Morgan fingerprint density at radius 3 is 1.56 bits per heavy atom. The first-order valence-corrected chi connectivity index (χ1v) is 9.71. The minimum Gasteiger partial charge on any atom is -0.481 e. The average Bonchev–Trinajstić information content (AvgIpc) is 2.67.